The number of benzene rings is 1. The number of amides is 1. The molecule has 3 aromatic heterocycles. The van der Waals surface area contributed by atoms with Crippen molar-refractivity contribution in [3.8, 4) is 22.8 Å². The Labute approximate surface area is 148 Å². The maximum atomic E-state index is 12.5. The smallest absolute Gasteiger partial charge is 0.255 e. The van der Waals surface area contributed by atoms with Crippen molar-refractivity contribution in [3.63, 3.8) is 0 Å². The van der Waals surface area contributed by atoms with Gasteiger partial charge in [-0.3, -0.25) is 9.89 Å². The molecule has 8 heteroatoms. The van der Waals surface area contributed by atoms with Crippen LogP contribution < -0.4 is 5.32 Å². The molecule has 26 heavy (non-hydrogen) atoms. The Balaban J connectivity index is 1.47. The van der Waals surface area contributed by atoms with Crippen LogP contribution in [0.3, 0.4) is 0 Å². The molecular formula is C18H16N6O2. The van der Waals surface area contributed by atoms with Crippen LogP contribution in [0, 0.1) is 0 Å². The zero-order valence-electron chi connectivity index (χ0n) is 14.0. The Bertz CT molecular complexity index is 1030. The van der Waals surface area contributed by atoms with Crippen molar-refractivity contribution in [2.75, 3.05) is 0 Å². The van der Waals surface area contributed by atoms with Gasteiger partial charge in [0.25, 0.3) is 5.91 Å². The summed E-state index contributed by atoms with van der Waals surface area (Å²) in [6.45, 7) is 0.135. The van der Waals surface area contributed by atoms with E-state index < -0.39 is 0 Å². The van der Waals surface area contributed by atoms with E-state index in [0.717, 1.165) is 11.3 Å². The molecule has 130 valence electrons. The summed E-state index contributed by atoms with van der Waals surface area (Å²) in [5.74, 6) is 0.547. The van der Waals surface area contributed by atoms with Crippen LogP contribution in [0.2, 0.25) is 0 Å². The molecule has 0 fully saturated rings. The second-order valence-electron chi connectivity index (χ2n) is 5.72. The zero-order valence-corrected chi connectivity index (χ0v) is 14.0. The third-order valence-electron chi connectivity index (χ3n) is 3.99. The van der Waals surface area contributed by atoms with Crippen LogP contribution in [0.1, 0.15) is 16.2 Å². The van der Waals surface area contributed by atoms with Crippen molar-refractivity contribution < 1.29 is 9.32 Å². The van der Waals surface area contributed by atoms with Crippen molar-refractivity contribution in [3.05, 3.63) is 66.3 Å². The van der Waals surface area contributed by atoms with Gasteiger partial charge in [-0.05, 0) is 12.1 Å². The lowest BCUT2D eigenvalue weighted by Crippen LogP contribution is -2.23. The lowest BCUT2D eigenvalue weighted by atomic mass is 10.1. The molecule has 1 aromatic carbocycles. The minimum absolute atomic E-state index is 0.135. The number of hydrogen-bond donors (Lipinski definition) is 2. The average Bonchev–Trinajstić information content (AvgIpc) is 3.40. The minimum atomic E-state index is -0.267. The molecule has 0 saturated heterocycles. The molecule has 2 N–H and O–H groups in total. The first kappa shape index (κ1) is 15.8. The van der Waals surface area contributed by atoms with Gasteiger partial charge in [0, 0.05) is 18.8 Å². The summed E-state index contributed by atoms with van der Waals surface area (Å²) >= 11 is 0. The molecule has 8 nitrogen and oxygen atoms in total. The number of H-pyrrole nitrogens is 1. The van der Waals surface area contributed by atoms with Crippen LogP contribution in [0.4, 0.5) is 0 Å². The molecule has 3 heterocycles. The molecule has 0 aliphatic carbocycles. The largest absolute Gasteiger partial charge is 0.348 e. The summed E-state index contributed by atoms with van der Waals surface area (Å²) in [5, 5.41) is 13.6. The number of nitrogens with zero attached hydrogens (tertiary/aromatic N) is 4. The highest BCUT2D eigenvalue weighted by Gasteiger charge is 2.17. The van der Waals surface area contributed by atoms with Crippen molar-refractivity contribution in [1.29, 1.82) is 0 Å². The standard InChI is InChI=1S/C18H16N6O2/c1-24-9-5-8-14(24)17-21-15(26-23-17)11-19-18(25)13-10-20-22-16(13)12-6-3-2-4-7-12/h2-10H,11H2,1H3,(H,19,25)(H,20,22). The molecule has 0 saturated carbocycles. The Hall–Kier alpha value is -3.68. The molecule has 0 atom stereocenters. The fourth-order valence-corrected chi connectivity index (χ4v) is 2.66. The maximum absolute atomic E-state index is 12.5. The van der Waals surface area contributed by atoms with Crippen molar-refractivity contribution in [1.82, 2.24) is 30.2 Å². The van der Waals surface area contributed by atoms with Gasteiger partial charge in [-0.25, -0.2) is 0 Å². The highest BCUT2D eigenvalue weighted by molar-refractivity contribution is 5.99. The minimum Gasteiger partial charge on any atom is -0.348 e. The van der Waals surface area contributed by atoms with Crippen LogP contribution in [0.25, 0.3) is 22.8 Å². The van der Waals surface area contributed by atoms with Crippen LogP contribution in [0.15, 0.2) is 59.4 Å². The van der Waals surface area contributed by atoms with Gasteiger partial charge in [-0.2, -0.15) is 10.1 Å². The molecule has 0 bridgehead atoms. The number of aromatic nitrogens is 5. The first-order valence-corrected chi connectivity index (χ1v) is 8.03. The topological polar surface area (TPSA) is 102 Å². The van der Waals surface area contributed by atoms with Gasteiger partial charge in [0.1, 0.15) is 0 Å². The van der Waals surface area contributed by atoms with E-state index in [2.05, 4.69) is 25.7 Å². The van der Waals surface area contributed by atoms with E-state index in [9.17, 15) is 4.79 Å². The van der Waals surface area contributed by atoms with Gasteiger partial charge >= 0.3 is 0 Å². The third kappa shape index (κ3) is 3.00. The second-order valence-corrected chi connectivity index (χ2v) is 5.72. The first-order chi connectivity index (χ1) is 12.7. The van der Waals surface area contributed by atoms with Crippen molar-refractivity contribution in [2.24, 2.45) is 7.05 Å². The molecule has 4 aromatic rings. The predicted octanol–water partition coefficient (Wildman–Crippen LogP) is 2.40. The van der Waals surface area contributed by atoms with Gasteiger partial charge in [0.2, 0.25) is 11.7 Å². The van der Waals surface area contributed by atoms with Crippen LogP contribution in [0.5, 0.6) is 0 Å². The summed E-state index contributed by atoms with van der Waals surface area (Å²) in [6.07, 6.45) is 3.40. The summed E-state index contributed by atoms with van der Waals surface area (Å²) in [4.78, 5) is 16.8. The lowest BCUT2D eigenvalue weighted by Gasteiger charge is -2.03. The number of carbonyl (C=O) groups excluding carboxylic acids is 1. The van der Waals surface area contributed by atoms with E-state index >= 15 is 0 Å². The lowest BCUT2D eigenvalue weighted by molar-refractivity contribution is 0.0947. The molecule has 0 aliphatic heterocycles. The Morgan fingerprint density at radius 2 is 2.08 bits per heavy atom. The first-order valence-electron chi connectivity index (χ1n) is 8.03. The van der Waals surface area contributed by atoms with Crippen molar-refractivity contribution >= 4 is 5.91 Å². The second kappa shape index (κ2) is 6.67. The molecule has 4 rings (SSSR count). The number of carbonyl (C=O) groups is 1. The molecule has 0 unspecified atom stereocenters. The number of nitrogens with one attached hydrogen (secondary N) is 2. The van der Waals surface area contributed by atoms with Crippen LogP contribution in [-0.4, -0.2) is 30.8 Å². The molecule has 0 aliphatic rings. The predicted molar refractivity (Wildman–Crippen MR) is 93.9 cm³/mol. The van der Waals surface area contributed by atoms with Crippen molar-refractivity contribution in [2.45, 2.75) is 6.54 Å². The van der Waals surface area contributed by atoms with E-state index in [0.29, 0.717) is 23.0 Å². The van der Waals surface area contributed by atoms with Crippen LogP contribution >= 0.6 is 0 Å². The zero-order chi connectivity index (χ0) is 17.9. The van der Waals surface area contributed by atoms with Gasteiger partial charge in [-0.15, -0.1) is 0 Å². The monoisotopic (exact) mass is 348 g/mol. The Morgan fingerprint density at radius 1 is 1.23 bits per heavy atom. The van der Waals surface area contributed by atoms with E-state index in [1.807, 2.05) is 60.3 Å². The third-order valence-corrected chi connectivity index (χ3v) is 3.99. The summed E-state index contributed by atoms with van der Waals surface area (Å²) < 4.78 is 7.11. The van der Waals surface area contributed by atoms with Crippen LogP contribution in [-0.2, 0) is 13.6 Å². The normalized spacial score (nSPS) is 10.8. The quantitative estimate of drug-likeness (QED) is 0.577. The summed E-state index contributed by atoms with van der Waals surface area (Å²) in [6, 6.07) is 13.3. The van der Waals surface area contributed by atoms with Gasteiger partial charge in [0.15, 0.2) is 0 Å². The summed E-state index contributed by atoms with van der Waals surface area (Å²) in [5.41, 5.74) is 2.85. The van der Waals surface area contributed by atoms with E-state index in [1.54, 1.807) is 0 Å². The summed E-state index contributed by atoms with van der Waals surface area (Å²) in [7, 11) is 1.90. The number of aromatic amines is 1. The molecule has 0 radical (unpaired) electrons. The van der Waals surface area contributed by atoms with Gasteiger partial charge < -0.3 is 14.4 Å². The highest BCUT2D eigenvalue weighted by atomic mass is 16.5. The van der Waals surface area contributed by atoms with E-state index in [-0.39, 0.29) is 12.5 Å². The van der Waals surface area contributed by atoms with E-state index in [4.69, 9.17) is 4.52 Å². The average molecular weight is 348 g/mol. The Kier molecular flexibility index (Phi) is 4.06. The number of hydrogen-bond acceptors (Lipinski definition) is 5. The molecular weight excluding hydrogens is 332 g/mol. The fraction of sp³-hybridized carbons (Fsp3) is 0.111. The SMILES string of the molecule is Cn1cccc1-c1noc(CNC(=O)c2cn[nH]c2-c2ccccc2)n1. The van der Waals surface area contributed by atoms with Gasteiger partial charge in [0.05, 0.1) is 29.7 Å². The number of rotatable bonds is 5. The highest BCUT2D eigenvalue weighted by Crippen LogP contribution is 2.20. The maximum Gasteiger partial charge on any atom is 0.255 e. The Morgan fingerprint density at radius 3 is 2.85 bits per heavy atom. The van der Waals surface area contributed by atoms with Gasteiger partial charge in [-0.1, -0.05) is 35.5 Å². The fourth-order valence-electron chi connectivity index (χ4n) is 2.66. The van der Waals surface area contributed by atoms with E-state index in [1.165, 1.54) is 6.20 Å². The molecule has 1 amide bonds. The number of aryl methyl sites for hydroxylation is 1. The molecule has 0 spiro atoms.